The zero-order chi connectivity index (χ0) is 13.9. The Bertz CT molecular complexity index is 545. The summed E-state index contributed by atoms with van der Waals surface area (Å²) in [6.07, 6.45) is 1.41. The second-order valence-electron chi connectivity index (χ2n) is 3.49. The number of rotatable bonds is 4. The Balaban J connectivity index is 2.98. The molecule has 0 aliphatic rings. The van der Waals surface area contributed by atoms with E-state index in [0.29, 0.717) is 16.6 Å². The first-order valence-electron chi connectivity index (χ1n) is 4.92. The standard InChI is InChI=1S/C11H12N2O4S/c1-5-6(2)18-11(9(5)10(12)17)13-7(14)3-4-8(15)16/h3-4H,1-2H3,(H2,12,17)(H,13,14)(H,15,16)/p-1. The second kappa shape index (κ2) is 5.46. The zero-order valence-corrected chi connectivity index (χ0v) is 10.6. The van der Waals surface area contributed by atoms with E-state index in [1.807, 2.05) is 0 Å². The van der Waals surface area contributed by atoms with Crippen molar-refractivity contribution in [2.24, 2.45) is 5.73 Å². The van der Waals surface area contributed by atoms with Crippen molar-refractivity contribution in [3.63, 3.8) is 0 Å². The molecule has 1 rings (SSSR count). The summed E-state index contributed by atoms with van der Waals surface area (Å²) in [6.45, 7) is 3.51. The number of carbonyl (C=O) groups excluding carboxylic acids is 3. The third kappa shape index (κ3) is 3.17. The van der Waals surface area contributed by atoms with Crippen molar-refractivity contribution in [3.05, 3.63) is 28.2 Å². The fourth-order valence-corrected chi connectivity index (χ4v) is 2.38. The van der Waals surface area contributed by atoms with Gasteiger partial charge in [-0.3, -0.25) is 9.59 Å². The van der Waals surface area contributed by atoms with Crippen molar-refractivity contribution in [1.82, 2.24) is 0 Å². The molecule has 1 aromatic rings. The van der Waals surface area contributed by atoms with Crippen LogP contribution in [0.4, 0.5) is 5.00 Å². The van der Waals surface area contributed by atoms with E-state index in [1.54, 1.807) is 13.8 Å². The number of carboxylic acid groups (broad SMARTS) is 1. The van der Waals surface area contributed by atoms with Crippen LogP contribution in [0, 0.1) is 13.8 Å². The van der Waals surface area contributed by atoms with Crippen LogP contribution in [0.25, 0.3) is 0 Å². The van der Waals surface area contributed by atoms with E-state index in [1.165, 1.54) is 11.3 Å². The number of thiophene rings is 1. The summed E-state index contributed by atoms with van der Waals surface area (Å²) in [6, 6.07) is 0. The molecule has 0 radical (unpaired) electrons. The quantitative estimate of drug-likeness (QED) is 0.730. The molecule has 1 aromatic heterocycles. The number of aryl methyl sites for hydroxylation is 1. The van der Waals surface area contributed by atoms with Crippen molar-refractivity contribution < 1.29 is 19.5 Å². The number of nitrogens with one attached hydrogen (secondary N) is 1. The molecule has 0 saturated heterocycles. The Labute approximate surface area is 107 Å². The summed E-state index contributed by atoms with van der Waals surface area (Å²) >= 11 is 1.20. The highest BCUT2D eigenvalue weighted by atomic mass is 32.1. The van der Waals surface area contributed by atoms with Gasteiger partial charge in [-0.15, -0.1) is 11.3 Å². The van der Waals surface area contributed by atoms with Gasteiger partial charge in [0, 0.05) is 11.0 Å². The van der Waals surface area contributed by atoms with E-state index in [0.717, 1.165) is 11.0 Å². The van der Waals surface area contributed by atoms with E-state index in [9.17, 15) is 19.5 Å². The smallest absolute Gasteiger partial charge is 0.251 e. The van der Waals surface area contributed by atoms with Crippen molar-refractivity contribution in [1.29, 1.82) is 0 Å². The van der Waals surface area contributed by atoms with Gasteiger partial charge in [-0.1, -0.05) is 0 Å². The first-order valence-corrected chi connectivity index (χ1v) is 5.74. The van der Waals surface area contributed by atoms with Crippen LogP contribution in [-0.4, -0.2) is 17.8 Å². The minimum absolute atomic E-state index is 0.243. The first-order chi connectivity index (χ1) is 8.32. The zero-order valence-electron chi connectivity index (χ0n) is 9.77. The van der Waals surface area contributed by atoms with E-state index in [-0.39, 0.29) is 5.56 Å². The van der Waals surface area contributed by atoms with Crippen molar-refractivity contribution in [2.75, 3.05) is 5.32 Å². The number of nitrogens with two attached hydrogens (primary N) is 1. The van der Waals surface area contributed by atoms with Gasteiger partial charge in [0.2, 0.25) is 5.91 Å². The molecule has 0 unspecified atom stereocenters. The lowest BCUT2D eigenvalue weighted by atomic mass is 10.1. The third-order valence-corrected chi connectivity index (χ3v) is 3.36. The SMILES string of the molecule is Cc1sc(NC(=O)C=CC(=O)[O-])c(C(N)=O)c1C. The van der Waals surface area contributed by atoms with Crippen molar-refractivity contribution >= 4 is 34.1 Å². The average molecular weight is 267 g/mol. The van der Waals surface area contributed by atoms with Gasteiger partial charge < -0.3 is 21.0 Å². The summed E-state index contributed by atoms with van der Waals surface area (Å²) in [4.78, 5) is 33.6. The molecule has 0 saturated carbocycles. The highest BCUT2D eigenvalue weighted by molar-refractivity contribution is 7.16. The Morgan fingerprint density at radius 3 is 2.39 bits per heavy atom. The maximum absolute atomic E-state index is 11.4. The van der Waals surface area contributed by atoms with Crippen LogP contribution in [0.15, 0.2) is 12.2 Å². The molecule has 0 fully saturated rings. The summed E-state index contributed by atoms with van der Waals surface area (Å²) < 4.78 is 0. The Kier molecular flexibility index (Phi) is 4.22. The van der Waals surface area contributed by atoms with Crippen LogP contribution in [0.5, 0.6) is 0 Å². The number of amides is 2. The van der Waals surface area contributed by atoms with Gasteiger partial charge in [0.05, 0.1) is 11.5 Å². The molecule has 6 nitrogen and oxygen atoms in total. The number of carboxylic acids is 1. The Hall–Kier alpha value is -2.15. The predicted octanol–water partition coefficient (Wildman–Crippen LogP) is -0.292. The predicted molar refractivity (Wildman–Crippen MR) is 65.1 cm³/mol. The molecule has 18 heavy (non-hydrogen) atoms. The molecule has 96 valence electrons. The molecule has 2 amide bonds. The van der Waals surface area contributed by atoms with Gasteiger partial charge in [0.15, 0.2) is 0 Å². The Morgan fingerprint density at radius 1 is 1.28 bits per heavy atom. The monoisotopic (exact) mass is 267 g/mol. The van der Waals surface area contributed by atoms with Crippen LogP contribution in [0.2, 0.25) is 0 Å². The molecule has 0 aliphatic heterocycles. The van der Waals surface area contributed by atoms with Crippen LogP contribution < -0.4 is 16.2 Å². The van der Waals surface area contributed by atoms with Crippen molar-refractivity contribution in [2.45, 2.75) is 13.8 Å². The highest BCUT2D eigenvalue weighted by Gasteiger charge is 2.18. The van der Waals surface area contributed by atoms with E-state index < -0.39 is 17.8 Å². The van der Waals surface area contributed by atoms with E-state index in [2.05, 4.69) is 5.32 Å². The second-order valence-corrected chi connectivity index (χ2v) is 4.72. The lowest BCUT2D eigenvalue weighted by Gasteiger charge is -2.02. The van der Waals surface area contributed by atoms with Gasteiger partial charge in [-0.05, 0) is 25.5 Å². The summed E-state index contributed by atoms with van der Waals surface area (Å²) in [7, 11) is 0. The molecule has 7 heteroatoms. The molecule has 1 heterocycles. The van der Waals surface area contributed by atoms with Crippen LogP contribution in [0.3, 0.4) is 0 Å². The topological polar surface area (TPSA) is 112 Å². The van der Waals surface area contributed by atoms with E-state index >= 15 is 0 Å². The Morgan fingerprint density at radius 2 is 1.89 bits per heavy atom. The number of carbonyl (C=O) groups is 3. The number of hydrogen-bond acceptors (Lipinski definition) is 5. The first kappa shape index (κ1) is 13.9. The number of aliphatic carboxylic acids is 1. The summed E-state index contributed by atoms with van der Waals surface area (Å²) in [5, 5.41) is 12.9. The summed E-state index contributed by atoms with van der Waals surface area (Å²) in [5.41, 5.74) is 6.16. The van der Waals surface area contributed by atoms with Gasteiger partial charge in [-0.2, -0.15) is 0 Å². The molecular formula is C11H11N2O4S-. The molecule has 0 spiro atoms. The molecule has 0 bridgehead atoms. The van der Waals surface area contributed by atoms with E-state index in [4.69, 9.17) is 5.73 Å². The molecular weight excluding hydrogens is 256 g/mol. The fourth-order valence-electron chi connectivity index (χ4n) is 1.31. The van der Waals surface area contributed by atoms with Gasteiger partial charge in [-0.25, -0.2) is 0 Å². The van der Waals surface area contributed by atoms with Crippen LogP contribution >= 0.6 is 11.3 Å². The number of anilines is 1. The largest absolute Gasteiger partial charge is 0.545 e. The minimum Gasteiger partial charge on any atom is -0.545 e. The number of hydrogen-bond donors (Lipinski definition) is 2. The van der Waals surface area contributed by atoms with Gasteiger partial charge in [0.1, 0.15) is 5.00 Å². The highest BCUT2D eigenvalue weighted by Crippen LogP contribution is 2.31. The van der Waals surface area contributed by atoms with Crippen molar-refractivity contribution in [3.8, 4) is 0 Å². The van der Waals surface area contributed by atoms with Crippen LogP contribution in [0.1, 0.15) is 20.8 Å². The normalized spacial score (nSPS) is 10.6. The fraction of sp³-hybridized carbons (Fsp3) is 0.182. The maximum atomic E-state index is 11.4. The van der Waals surface area contributed by atoms with Gasteiger partial charge in [0.25, 0.3) is 5.91 Å². The number of primary amides is 1. The molecule has 3 N–H and O–H groups in total. The lowest BCUT2D eigenvalue weighted by Crippen LogP contribution is -2.20. The van der Waals surface area contributed by atoms with Crippen LogP contribution in [-0.2, 0) is 9.59 Å². The average Bonchev–Trinajstić information content (AvgIpc) is 2.51. The molecule has 0 aliphatic carbocycles. The molecule has 0 atom stereocenters. The maximum Gasteiger partial charge on any atom is 0.251 e. The minimum atomic E-state index is -1.47. The molecule has 0 aromatic carbocycles. The third-order valence-electron chi connectivity index (χ3n) is 2.24. The lowest BCUT2D eigenvalue weighted by molar-refractivity contribution is -0.297. The summed E-state index contributed by atoms with van der Waals surface area (Å²) in [5.74, 6) is -2.78. The van der Waals surface area contributed by atoms with Gasteiger partial charge >= 0.3 is 0 Å².